The Labute approximate surface area is 101 Å². The molecule has 1 fully saturated rings. The molecule has 0 aromatic rings. The molecule has 3 atom stereocenters. The van der Waals surface area contributed by atoms with Crippen molar-refractivity contribution in [2.45, 2.75) is 25.2 Å². The summed E-state index contributed by atoms with van der Waals surface area (Å²) in [7, 11) is 1.45. The molecule has 0 radical (unpaired) electrons. The Kier molecular flexibility index (Phi) is 4.50. The minimum atomic E-state index is -0.812. The number of carbonyl (C=O) groups excluding carboxylic acids is 1. The van der Waals surface area contributed by atoms with Crippen LogP contribution in [0, 0.1) is 0 Å². The number of hydrogen-bond donors (Lipinski definition) is 1. The number of rotatable bonds is 5. The van der Waals surface area contributed by atoms with Crippen LogP contribution in [0.15, 0.2) is 36.3 Å². The van der Waals surface area contributed by atoms with Gasteiger partial charge in [0, 0.05) is 13.7 Å². The molecule has 17 heavy (non-hydrogen) atoms. The Morgan fingerprint density at radius 3 is 2.82 bits per heavy atom. The summed E-state index contributed by atoms with van der Waals surface area (Å²) >= 11 is 0. The molecule has 0 saturated carbocycles. The first-order chi connectivity index (χ1) is 8.08. The molecule has 1 rings (SSSR count). The van der Waals surface area contributed by atoms with Crippen LogP contribution in [0.4, 0.5) is 0 Å². The first kappa shape index (κ1) is 13.5. The first-order valence-corrected chi connectivity index (χ1v) is 5.30. The van der Waals surface area contributed by atoms with E-state index in [9.17, 15) is 9.90 Å². The number of aliphatic hydroxyl groups excluding tert-OH is 1. The fraction of sp³-hybridized carbons (Fsp3) is 0.462. The summed E-state index contributed by atoms with van der Waals surface area (Å²) in [4.78, 5) is 13.2. The largest absolute Gasteiger partial charge is 0.386 e. The number of aliphatic hydroxyl groups is 1. The van der Waals surface area contributed by atoms with Crippen molar-refractivity contribution in [2.24, 2.45) is 0 Å². The average Bonchev–Trinajstić information content (AvgIpc) is 2.34. The highest BCUT2D eigenvalue weighted by atomic mass is 16.5. The number of ether oxygens (including phenoxy) is 1. The standard InChI is InChI=1S/C13H17NO3/c1-5-7-8-14-10(11(15)9(3)6-2)12(17-4)13(14)16/h7,10-12,15H,1-2,8H2,3-4H3/t10?,11-,12?/m1/s1. The summed E-state index contributed by atoms with van der Waals surface area (Å²) in [5.41, 5.74) is 5.83. The number of nitrogens with zero attached hydrogens (tertiary/aromatic N) is 1. The van der Waals surface area contributed by atoms with Gasteiger partial charge in [0.1, 0.15) is 6.10 Å². The Morgan fingerprint density at radius 2 is 2.35 bits per heavy atom. The first-order valence-electron chi connectivity index (χ1n) is 5.30. The molecule has 2 unspecified atom stereocenters. The third kappa shape index (κ3) is 2.41. The molecule has 1 heterocycles. The third-order valence-corrected chi connectivity index (χ3v) is 2.93. The van der Waals surface area contributed by atoms with Gasteiger partial charge in [-0.2, -0.15) is 0 Å². The quantitative estimate of drug-likeness (QED) is 0.562. The van der Waals surface area contributed by atoms with E-state index in [2.05, 4.69) is 24.6 Å². The van der Waals surface area contributed by atoms with E-state index in [0.29, 0.717) is 12.1 Å². The van der Waals surface area contributed by atoms with Crippen molar-refractivity contribution >= 4 is 5.91 Å². The van der Waals surface area contributed by atoms with E-state index in [4.69, 9.17) is 4.74 Å². The highest BCUT2D eigenvalue weighted by Crippen LogP contribution is 2.27. The molecule has 0 aromatic carbocycles. The summed E-state index contributed by atoms with van der Waals surface area (Å²) < 4.78 is 5.07. The number of β-lactam (4-membered cyclic amide) rings is 1. The molecule has 92 valence electrons. The highest BCUT2D eigenvalue weighted by Gasteiger charge is 2.51. The number of hydrogen-bond acceptors (Lipinski definition) is 3. The minimum Gasteiger partial charge on any atom is -0.386 e. The van der Waals surface area contributed by atoms with Gasteiger partial charge in [0.05, 0.1) is 6.04 Å². The van der Waals surface area contributed by atoms with Gasteiger partial charge in [-0.1, -0.05) is 13.2 Å². The summed E-state index contributed by atoms with van der Waals surface area (Å²) in [6.07, 6.45) is 0.219. The predicted molar refractivity (Wildman–Crippen MR) is 64.3 cm³/mol. The molecule has 4 heteroatoms. The molecule has 0 bridgehead atoms. The number of methoxy groups -OCH3 is 1. The highest BCUT2D eigenvalue weighted by molar-refractivity contribution is 5.89. The maximum absolute atomic E-state index is 11.7. The monoisotopic (exact) mass is 235 g/mol. The number of amides is 1. The fourth-order valence-electron chi connectivity index (χ4n) is 1.85. The van der Waals surface area contributed by atoms with Gasteiger partial charge in [-0.3, -0.25) is 4.79 Å². The lowest BCUT2D eigenvalue weighted by molar-refractivity contribution is -0.176. The molecular weight excluding hydrogens is 218 g/mol. The lowest BCUT2D eigenvalue weighted by atomic mass is 9.89. The van der Waals surface area contributed by atoms with Crippen molar-refractivity contribution < 1.29 is 14.6 Å². The molecule has 1 amide bonds. The van der Waals surface area contributed by atoms with Gasteiger partial charge >= 0.3 is 0 Å². The Hall–Kier alpha value is -1.57. The molecule has 1 saturated heterocycles. The zero-order valence-electron chi connectivity index (χ0n) is 10.1. The van der Waals surface area contributed by atoms with Crippen molar-refractivity contribution in [1.82, 2.24) is 4.90 Å². The van der Waals surface area contributed by atoms with E-state index < -0.39 is 18.2 Å². The van der Waals surface area contributed by atoms with Crippen LogP contribution in [0.5, 0.6) is 0 Å². The molecule has 0 aliphatic carbocycles. The topological polar surface area (TPSA) is 49.8 Å². The van der Waals surface area contributed by atoms with Gasteiger partial charge in [-0.15, -0.1) is 11.5 Å². The van der Waals surface area contributed by atoms with Gasteiger partial charge in [-0.25, -0.2) is 0 Å². The van der Waals surface area contributed by atoms with Crippen LogP contribution in [0.2, 0.25) is 0 Å². The normalized spacial score (nSPS) is 24.4. The molecule has 4 nitrogen and oxygen atoms in total. The van der Waals surface area contributed by atoms with Crippen molar-refractivity contribution in [3.8, 4) is 0 Å². The number of carbonyl (C=O) groups is 1. The third-order valence-electron chi connectivity index (χ3n) is 2.93. The summed E-state index contributed by atoms with van der Waals surface area (Å²) in [6.45, 7) is 9.01. The maximum atomic E-state index is 11.7. The zero-order valence-corrected chi connectivity index (χ0v) is 10.1. The second-order valence-corrected chi connectivity index (χ2v) is 3.85. The average molecular weight is 235 g/mol. The molecule has 0 spiro atoms. The van der Waals surface area contributed by atoms with Gasteiger partial charge < -0.3 is 14.7 Å². The van der Waals surface area contributed by atoms with E-state index in [1.807, 2.05) is 0 Å². The molecule has 1 aliphatic heterocycles. The zero-order chi connectivity index (χ0) is 13.0. The van der Waals surface area contributed by atoms with Gasteiger partial charge in [-0.05, 0) is 18.6 Å². The van der Waals surface area contributed by atoms with E-state index >= 15 is 0 Å². The minimum absolute atomic E-state index is 0.139. The lowest BCUT2D eigenvalue weighted by Crippen LogP contribution is -2.69. The van der Waals surface area contributed by atoms with Crippen LogP contribution in [0.25, 0.3) is 0 Å². The van der Waals surface area contributed by atoms with E-state index in [1.54, 1.807) is 13.0 Å². The second-order valence-electron chi connectivity index (χ2n) is 3.85. The molecular formula is C13H17NO3. The van der Waals surface area contributed by atoms with Crippen molar-refractivity contribution in [1.29, 1.82) is 0 Å². The number of likely N-dealkylation sites (tertiary alicyclic amines) is 1. The van der Waals surface area contributed by atoms with Crippen LogP contribution in [-0.4, -0.2) is 47.8 Å². The maximum Gasteiger partial charge on any atom is 0.254 e. The van der Waals surface area contributed by atoms with E-state index in [1.165, 1.54) is 12.0 Å². The van der Waals surface area contributed by atoms with Crippen LogP contribution < -0.4 is 0 Å². The fourth-order valence-corrected chi connectivity index (χ4v) is 1.85. The van der Waals surface area contributed by atoms with Crippen molar-refractivity contribution in [3.05, 3.63) is 36.3 Å². The van der Waals surface area contributed by atoms with Gasteiger partial charge in [0.2, 0.25) is 0 Å². The Morgan fingerprint density at radius 1 is 1.71 bits per heavy atom. The predicted octanol–water partition coefficient (Wildman–Crippen LogP) is 0.645. The van der Waals surface area contributed by atoms with Crippen molar-refractivity contribution in [3.63, 3.8) is 0 Å². The van der Waals surface area contributed by atoms with E-state index in [-0.39, 0.29) is 5.91 Å². The Balaban J connectivity index is 2.88. The van der Waals surface area contributed by atoms with Crippen LogP contribution >= 0.6 is 0 Å². The van der Waals surface area contributed by atoms with Crippen molar-refractivity contribution in [2.75, 3.05) is 13.7 Å². The Bertz CT molecular complexity index is 403. The smallest absolute Gasteiger partial charge is 0.254 e. The van der Waals surface area contributed by atoms with Crippen LogP contribution in [-0.2, 0) is 9.53 Å². The lowest BCUT2D eigenvalue weighted by Gasteiger charge is -2.47. The summed E-state index contributed by atoms with van der Waals surface area (Å²) in [5.74, 6) is -0.139. The van der Waals surface area contributed by atoms with Gasteiger partial charge in [0.15, 0.2) is 6.10 Å². The molecule has 1 aliphatic rings. The van der Waals surface area contributed by atoms with Gasteiger partial charge in [0.25, 0.3) is 5.91 Å². The van der Waals surface area contributed by atoms with Crippen LogP contribution in [0.1, 0.15) is 6.92 Å². The van der Waals surface area contributed by atoms with E-state index in [0.717, 1.165) is 0 Å². The SMILES string of the molecule is C=C=CCN1C(=O)C(OC)C1[C@H](O)C(C)=C=C. The molecule has 1 N–H and O–H groups in total. The second kappa shape index (κ2) is 5.67. The molecule has 0 aromatic heterocycles. The summed E-state index contributed by atoms with van der Waals surface area (Å²) in [6, 6.07) is -0.397. The summed E-state index contributed by atoms with van der Waals surface area (Å²) in [5, 5.41) is 10.1. The van der Waals surface area contributed by atoms with Crippen LogP contribution in [0.3, 0.4) is 0 Å².